The van der Waals surface area contributed by atoms with Crippen molar-refractivity contribution < 1.29 is 26.7 Å². The average molecular weight is 289 g/mol. The van der Waals surface area contributed by atoms with E-state index >= 15 is 0 Å². The lowest BCUT2D eigenvalue weighted by Gasteiger charge is -2.26. The number of hydrogen-bond acceptors (Lipinski definition) is 3. The molecule has 0 radical (unpaired) electrons. The monoisotopic (exact) mass is 288 g/mol. The third-order valence-electron chi connectivity index (χ3n) is 2.23. The van der Waals surface area contributed by atoms with E-state index in [-0.39, 0.29) is 0 Å². The summed E-state index contributed by atoms with van der Waals surface area (Å²) in [6.07, 6.45) is -4.91. The summed E-state index contributed by atoms with van der Waals surface area (Å²) in [6.45, 7) is 0.535. The molecule has 0 aliphatic rings. The van der Waals surface area contributed by atoms with Crippen LogP contribution in [0.4, 0.5) is 13.2 Å². The minimum Gasteiger partial charge on any atom is -0.376 e. The van der Waals surface area contributed by atoms with Crippen LogP contribution in [0.1, 0.15) is 12.5 Å². The highest BCUT2D eigenvalue weighted by Crippen LogP contribution is 2.39. The van der Waals surface area contributed by atoms with E-state index < -0.39 is 31.3 Å². The van der Waals surface area contributed by atoms with E-state index in [1.807, 2.05) is 0 Å². The number of aliphatic hydroxyl groups is 1. The van der Waals surface area contributed by atoms with E-state index in [0.29, 0.717) is 13.0 Å². The highest BCUT2D eigenvalue weighted by molar-refractivity contribution is 8.13. The van der Waals surface area contributed by atoms with Gasteiger partial charge in [0.05, 0.1) is 4.90 Å². The molecule has 1 aromatic carbocycles. The first kappa shape index (κ1) is 14.3. The first-order chi connectivity index (χ1) is 7.46. The summed E-state index contributed by atoms with van der Waals surface area (Å²) < 4.78 is 59.5. The lowest BCUT2D eigenvalue weighted by atomic mass is 9.96. The van der Waals surface area contributed by atoms with Crippen molar-refractivity contribution in [1.29, 1.82) is 0 Å². The summed E-state index contributed by atoms with van der Waals surface area (Å²) in [5.41, 5.74) is -3.73. The molecule has 96 valence electrons. The van der Waals surface area contributed by atoms with Crippen LogP contribution < -0.4 is 0 Å². The lowest BCUT2D eigenvalue weighted by molar-refractivity contribution is -0.258. The Labute approximate surface area is 100 Å². The number of alkyl halides is 3. The van der Waals surface area contributed by atoms with Gasteiger partial charge < -0.3 is 5.11 Å². The Morgan fingerprint density at radius 1 is 1.29 bits per heavy atom. The molecule has 0 bridgehead atoms. The molecule has 1 rings (SSSR count). The third-order valence-corrected chi connectivity index (χ3v) is 3.58. The molecule has 1 aromatic rings. The molecule has 0 unspecified atom stereocenters. The lowest BCUT2D eigenvalue weighted by Crippen LogP contribution is -2.39. The zero-order valence-electron chi connectivity index (χ0n) is 8.49. The number of rotatable bonds is 2. The Kier molecular flexibility index (Phi) is 3.48. The van der Waals surface area contributed by atoms with Crippen molar-refractivity contribution in [3.05, 3.63) is 29.8 Å². The molecular formula is C9H8ClF3O3S. The van der Waals surface area contributed by atoms with Crippen LogP contribution in [0, 0.1) is 0 Å². The Balaban J connectivity index is 3.36. The van der Waals surface area contributed by atoms with Crippen molar-refractivity contribution in [3.8, 4) is 0 Å². The van der Waals surface area contributed by atoms with Crippen LogP contribution in [-0.4, -0.2) is 19.7 Å². The molecule has 0 aliphatic heterocycles. The standard InChI is InChI=1S/C9H8ClF3O3S/c1-8(14,9(11,12)13)6-3-2-4-7(5-6)17(10,15)16/h2-5,14H,1H3/t8-/m1/s1. The van der Waals surface area contributed by atoms with Gasteiger partial charge in [-0.25, -0.2) is 8.42 Å². The van der Waals surface area contributed by atoms with Crippen LogP contribution >= 0.6 is 10.7 Å². The smallest absolute Gasteiger partial charge is 0.376 e. The molecule has 1 atom stereocenters. The maximum absolute atomic E-state index is 12.5. The molecule has 0 aromatic heterocycles. The molecule has 1 N–H and O–H groups in total. The van der Waals surface area contributed by atoms with E-state index in [4.69, 9.17) is 10.7 Å². The minimum absolute atomic E-state index is 0.499. The summed E-state index contributed by atoms with van der Waals surface area (Å²) in [5, 5.41) is 9.35. The average Bonchev–Trinajstić information content (AvgIpc) is 2.15. The Hall–Kier alpha value is -0.790. The van der Waals surface area contributed by atoms with Gasteiger partial charge in [-0.1, -0.05) is 12.1 Å². The van der Waals surface area contributed by atoms with Gasteiger partial charge in [-0.15, -0.1) is 0 Å². The van der Waals surface area contributed by atoms with Crippen LogP contribution in [-0.2, 0) is 14.7 Å². The maximum atomic E-state index is 12.5. The van der Waals surface area contributed by atoms with Crippen LogP contribution in [0.15, 0.2) is 29.2 Å². The SMILES string of the molecule is C[C@@](O)(c1cccc(S(=O)(=O)Cl)c1)C(F)(F)F. The van der Waals surface area contributed by atoms with Crippen LogP contribution in [0.5, 0.6) is 0 Å². The molecule has 0 heterocycles. The third kappa shape index (κ3) is 2.91. The number of halogens is 4. The van der Waals surface area contributed by atoms with Crippen molar-refractivity contribution in [1.82, 2.24) is 0 Å². The molecule has 17 heavy (non-hydrogen) atoms. The predicted molar refractivity (Wildman–Crippen MR) is 55.1 cm³/mol. The fraction of sp³-hybridized carbons (Fsp3) is 0.333. The molecule has 8 heteroatoms. The van der Waals surface area contributed by atoms with Gasteiger partial charge in [0.15, 0.2) is 5.60 Å². The first-order valence-corrected chi connectivity index (χ1v) is 6.61. The molecule has 0 fully saturated rings. The second-order valence-corrected chi connectivity index (χ2v) is 6.10. The fourth-order valence-corrected chi connectivity index (χ4v) is 1.91. The Bertz CT molecular complexity index is 523. The summed E-state index contributed by atoms with van der Waals surface area (Å²) in [5.74, 6) is 0. The summed E-state index contributed by atoms with van der Waals surface area (Å²) in [4.78, 5) is -0.499. The second kappa shape index (κ2) is 4.15. The van der Waals surface area contributed by atoms with Crippen molar-refractivity contribution in [2.24, 2.45) is 0 Å². The van der Waals surface area contributed by atoms with E-state index in [1.54, 1.807) is 0 Å². The predicted octanol–water partition coefficient (Wildman–Crippen LogP) is 2.38. The van der Waals surface area contributed by atoms with Gasteiger partial charge in [0.1, 0.15) is 0 Å². The van der Waals surface area contributed by atoms with Gasteiger partial charge >= 0.3 is 6.18 Å². The normalized spacial score (nSPS) is 16.6. The molecule has 0 spiro atoms. The van der Waals surface area contributed by atoms with Gasteiger partial charge in [-0.2, -0.15) is 13.2 Å². The van der Waals surface area contributed by atoms with E-state index in [2.05, 4.69) is 0 Å². The summed E-state index contributed by atoms with van der Waals surface area (Å²) in [7, 11) is 0.867. The zero-order chi connectivity index (χ0) is 13.5. The van der Waals surface area contributed by atoms with Gasteiger partial charge in [0.2, 0.25) is 0 Å². The first-order valence-electron chi connectivity index (χ1n) is 4.30. The minimum atomic E-state index is -4.91. The zero-order valence-corrected chi connectivity index (χ0v) is 10.1. The molecular weight excluding hydrogens is 281 g/mol. The van der Waals surface area contributed by atoms with E-state index in [9.17, 15) is 26.7 Å². The number of benzene rings is 1. The largest absolute Gasteiger partial charge is 0.421 e. The van der Waals surface area contributed by atoms with Gasteiger partial charge in [0, 0.05) is 10.7 Å². The molecule has 3 nitrogen and oxygen atoms in total. The van der Waals surface area contributed by atoms with Crippen molar-refractivity contribution in [3.63, 3.8) is 0 Å². The van der Waals surface area contributed by atoms with Gasteiger partial charge in [-0.05, 0) is 24.6 Å². The second-order valence-electron chi connectivity index (χ2n) is 3.54. The van der Waals surface area contributed by atoms with Crippen LogP contribution in [0.2, 0.25) is 0 Å². The summed E-state index contributed by atoms with van der Waals surface area (Å²) in [6, 6.07) is 3.78. The molecule has 0 amide bonds. The van der Waals surface area contributed by atoms with Crippen LogP contribution in [0.3, 0.4) is 0 Å². The fourth-order valence-electron chi connectivity index (χ4n) is 1.11. The number of hydrogen-bond donors (Lipinski definition) is 1. The molecule has 0 saturated carbocycles. The Morgan fingerprint density at radius 3 is 2.24 bits per heavy atom. The molecule has 0 aliphatic carbocycles. The van der Waals surface area contributed by atoms with Gasteiger partial charge in [-0.3, -0.25) is 0 Å². The van der Waals surface area contributed by atoms with Crippen LogP contribution in [0.25, 0.3) is 0 Å². The highest BCUT2D eigenvalue weighted by atomic mass is 35.7. The van der Waals surface area contributed by atoms with Crippen molar-refractivity contribution in [2.45, 2.75) is 23.6 Å². The highest BCUT2D eigenvalue weighted by Gasteiger charge is 2.51. The topological polar surface area (TPSA) is 54.4 Å². The molecule has 0 saturated heterocycles. The Morgan fingerprint density at radius 2 is 1.82 bits per heavy atom. The van der Waals surface area contributed by atoms with Gasteiger partial charge in [0.25, 0.3) is 9.05 Å². The van der Waals surface area contributed by atoms with Crippen molar-refractivity contribution in [2.75, 3.05) is 0 Å². The van der Waals surface area contributed by atoms with E-state index in [1.165, 1.54) is 0 Å². The maximum Gasteiger partial charge on any atom is 0.421 e. The van der Waals surface area contributed by atoms with Crippen molar-refractivity contribution >= 4 is 19.7 Å². The quantitative estimate of drug-likeness (QED) is 0.850. The van der Waals surface area contributed by atoms with E-state index in [0.717, 1.165) is 18.2 Å². The summed E-state index contributed by atoms with van der Waals surface area (Å²) >= 11 is 0.